The first-order valence-corrected chi connectivity index (χ1v) is 12.9. The van der Waals surface area contributed by atoms with E-state index >= 15 is 0 Å². The van der Waals surface area contributed by atoms with E-state index < -0.39 is 0 Å². The molecule has 0 aliphatic carbocycles. The highest BCUT2D eigenvalue weighted by molar-refractivity contribution is 5.72. The van der Waals surface area contributed by atoms with Crippen LogP contribution in [0.4, 0.5) is 0 Å². The lowest BCUT2D eigenvalue weighted by Crippen LogP contribution is -2.18. The molecule has 0 aromatic rings. The number of hydrogen-bond donors (Lipinski definition) is 0. The summed E-state index contributed by atoms with van der Waals surface area (Å²) in [6.45, 7) is 6.95. The molecule has 28 heavy (non-hydrogen) atoms. The third kappa shape index (κ3) is 18.8. The van der Waals surface area contributed by atoms with Crippen molar-refractivity contribution in [1.29, 1.82) is 0 Å². The van der Waals surface area contributed by atoms with Crippen molar-refractivity contribution in [2.45, 2.75) is 149 Å². The largest absolute Gasteiger partial charge is 0.466 e. The van der Waals surface area contributed by atoms with E-state index in [2.05, 4.69) is 13.8 Å². The van der Waals surface area contributed by atoms with E-state index in [1.807, 2.05) is 6.92 Å². The van der Waals surface area contributed by atoms with Crippen molar-refractivity contribution in [3.8, 4) is 0 Å². The summed E-state index contributed by atoms with van der Waals surface area (Å²) in [5.41, 5.74) is 0. The predicted octanol–water partition coefficient (Wildman–Crippen LogP) is 9.01. The van der Waals surface area contributed by atoms with Gasteiger partial charge in [0.05, 0.1) is 12.5 Å². The van der Waals surface area contributed by atoms with Gasteiger partial charge in [-0.1, -0.05) is 129 Å². The zero-order chi connectivity index (χ0) is 20.7. The number of carbonyl (C=O) groups excluding carboxylic acids is 1. The molecule has 0 amide bonds. The Morgan fingerprint density at radius 3 is 1.21 bits per heavy atom. The highest BCUT2D eigenvalue weighted by Crippen LogP contribution is 2.20. The molecule has 0 saturated heterocycles. The van der Waals surface area contributed by atoms with Gasteiger partial charge >= 0.3 is 5.97 Å². The zero-order valence-corrected chi connectivity index (χ0v) is 19.7. The summed E-state index contributed by atoms with van der Waals surface area (Å²) < 4.78 is 5.29. The van der Waals surface area contributed by atoms with Crippen molar-refractivity contribution in [2.75, 3.05) is 6.61 Å². The van der Waals surface area contributed by atoms with Crippen LogP contribution in [0.3, 0.4) is 0 Å². The summed E-state index contributed by atoms with van der Waals surface area (Å²) in [5.74, 6) is 0.197. The topological polar surface area (TPSA) is 26.3 Å². The van der Waals surface area contributed by atoms with E-state index in [0.717, 1.165) is 12.8 Å². The van der Waals surface area contributed by atoms with Gasteiger partial charge in [-0.3, -0.25) is 4.79 Å². The summed E-state index contributed by atoms with van der Waals surface area (Å²) in [7, 11) is 0. The Balaban J connectivity index is 3.53. The normalized spacial score (nSPS) is 12.2. The standard InChI is InChI=1S/C26H52O2/c1-4-7-9-11-12-13-14-15-16-17-18-19-20-22-24-25(26(27)28-6-3)23-21-10-8-5-2/h25H,4-24H2,1-3H3. The fraction of sp³-hybridized carbons (Fsp3) is 0.962. The van der Waals surface area contributed by atoms with Crippen LogP contribution in [0.5, 0.6) is 0 Å². The van der Waals surface area contributed by atoms with Crippen LogP contribution in [-0.2, 0) is 9.53 Å². The van der Waals surface area contributed by atoms with Crippen LogP contribution in [0.15, 0.2) is 0 Å². The van der Waals surface area contributed by atoms with Crippen LogP contribution >= 0.6 is 0 Å². The van der Waals surface area contributed by atoms with Gasteiger partial charge in [0.2, 0.25) is 0 Å². The summed E-state index contributed by atoms with van der Waals surface area (Å²) in [6.07, 6.45) is 26.4. The Morgan fingerprint density at radius 2 is 0.857 bits per heavy atom. The van der Waals surface area contributed by atoms with Gasteiger partial charge in [-0.05, 0) is 19.8 Å². The molecular formula is C26H52O2. The van der Waals surface area contributed by atoms with Crippen molar-refractivity contribution in [2.24, 2.45) is 5.92 Å². The van der Waals surface area contributed by atoms with E-state index in [4.69, 9.17) is 4.74 Å². The SMILES string of the molecule is CCCCCCCCCCCCCCCCC(CCCCCC)C(=O)OCC. The second-order valence-electron chi connectivity index (χ2n) is 8.68. The van der Waals surface area contributed by atoms with Crippen molar-refractivity contribution in [1.82, 2.24) is 0 Å². The fourth-order valence-corrected chi connectivity index (χ4v) is 4.04. The van der Waals surface area contributed by atoms with Crippen LogP contribution in [-0.4, -0.2) is 12.6 Å². The average Bonchev–Trinajstić information content (AvgIpc) is 2.70. The molecule has 0 radical (unpaired) electrons. The van der Waals surface area contributed by atoms with Crippen LogP contribution in [0.2, 0.25) is 0 Å². The van der Waals surface area contributed by atoms with E-state index in [0.29, 0.717) is 6.61 Å². The van der Waals surface area contributed by atoms with Crippen molar-refractivity contribution >= 4 is 5.97 Å². The van der Waals surface area contributed by atoms with Crippen LogP contribution in [0.25, 0.3) is 0 Å². The highest BCUT2D eigenvalue weighted by Gasteiger charge is 2.18. The molecule has 0 heterocycles. The van der Waals surface area contributed by atoms with E-state index in [-0.39, 0.29) is 11.9 Å². The Bertz CT molecular complexity index is 314. The van der Waals surface area contributed by atoms with Crippen LogP contribution in [0.1, 0.15) is 149 Å². The maximum atomic E-state index is 12.1. The lowest BCUT2D eigenvalue weighted by Gasteiger charge is -2.15. The number of ether oxygens (including phenoxy) is 1. The number of unbranched alkanes of at least 4 members (excludes halogenated alkanes) is 16. The average molecular weight is 397 g/mol. The first-order valence-electron chi connectivity index (χ1n) is 12.9. The lowest BCUT2D eigenvalue weighted by atomic mass is 9.94. The van der Waals surface area contributed by atoms with Gasteiger partial charge < -0.3 is 4.74 Å². The molecule has 0 aliphatic rings. The molecule has 1 atom stereocenters. The second-order valence-corrected chi connectivity index (χ2v) is 8.68. The number of carbonyl (C=O) groups is 1. The fourth-order valence-electron chi connectivity index (χ4n) is 4.04. The van der Waals surface area contributed by atoms with Crippen molar-refractivity contribution in [3.63, 3.8) is 0 Å². The number of esters is 1. The molecule has 0 rings (SSSR count). The quantitative estimate of drug-likeness (QED) is 0.135. The Kier molecular flexibility index (Phi) is 22.3. The summed E-state index contributed by atoms with van der Waals surface area (Å²) in [6, 6.07) is 0. The minimum atomic E-state index is 0.0497. The minimum Gasteiger partial charge on any atom is -0.466 e. The minimum absolute atomic E-state index is 0.0497. The van der Waals surface area contributed by atoms with E-state index in [1.54, 1.807) is 0 Å². The molecule has 1 unspecified atom stereocenters. The summed E-state index contributed by atoms with van der Waals surface area (Å²) in [4.78, 5) is 12.1. The molecular weight excluding hydrogens is 344 g/mol. The van der Waals surface area contributed by atoms with Gasteiger partial charge in [-0.2, -0.15) is 0 Å². The van der Waals surface area contributed by atoms with Gasteiger partial charge in [-0.15, -0.1) is 0 Å². The highest BCUT2D eigenvalue weighted by atomic mass is 16.5. The molecule has 0 saturated carbocycles. The zero-order valence-electron chi connectivity index (χ0n) is 19.7. The number of rotatable bonds is 22. The predicted molar refractivity (Wildman–Crippen MR) is 124 cm³/mol. The summed E-state index contributed by atoms with van der Waals surface area (Å²) >= 11 is 0. The van der Waals surface area contributed by atoms with Gasteiger partial charge in [-0.25, -0.2) is 0 Å². The van der Waals surface area contributed by atoms with E-state index in [9.17, 15) is 4.79 Å². The van der Waals surface area contributed by atoms with Gasteiger partial charge in [0, 0.05) is 0 Å². The third-order valence-electron chi connectivity index (χ3n) is 5.93. The molecule has 2 heteroatoms. The lowest BCUT2D eigenvalue weighted by molar-refractivity contribution is -0.148. The molecule has 0 spiro atoms. The molecule has 2 nitrogen and oxygen atoms in total. The first-order chi connectivity index (χ1) is 13.8. The number of hydrogen-bond acceptors (Lipinski definition) is 2. The Morgan fingerprint density at radius 1 is 0.536 bits per heavy atom. The summed E-state index contributed by atoms with van der Waals surface area (Å²) in [5, 5.41) is 0. The molecule has 0 aromatic carbocycles. The molecule has 0 fully saturated rings. The Hall–Kier alpha value is -0.530. The molecule has 0 N–H and O–H groups in total. The van der Waals surface area contributed by atoms with Crippen LogP contribution < -0.4 is 0 Å². The maximum absolute atomic E-state index is 12.1. The van der Waals surface area contributed by atoms with Crippen LogP contribution in [0, 0.1) is 5.92 Å². The second kappa shape index (κ2) is 22.8. The molecule has 168 valence electrons. The molecule has 0 aromatic heterocycles. The van der Waals surface area contributed by atoms with Gasteiger partial charge in [0.25, 0.3) is 0 Å². The molecule has 0 aliphatic heterocycles. The smallest absolute Gasteiger partial charge is 0.308 e. The molecule has 0 bridgehead atoms. The monoisotopic (exact) mass is 396 g/mol. The van der Waals surface area contributed by atoms with Gasteiger partial charge in [0.15, 0.2) is 0 Å². The maximum Gasteiger partial charge on any atom is 0.308 e. The third-order valence-corrected chi connectivity index (χ3v) is 5.93. The van der Waals surface area contributed by atoms with Gasteiger partial charge in [0.1, 0.15) is 0 Å². The first kappa shape index (κ1) is 27.5. The van der Waals surface area contributed by atoms with Crippen molar-refractivity contribution in [3.05, 3.63) is 0 Å². The van der Waals surface area contributed by atoms with E-state index in [1.165, 1.54) is 116 Å². The van der Waals surface area contributed by atoms with Crippen molar-refractivity contribution < 1.29 is 9.53 Å². The Labute approximate surface area is 177 Å².